The maximum atomic E-state index is 13.8. The molecule has 1 aliphatic rings. The lowest BCUT2D eigenvalue weighted by molar-refractivity contribution is -0.140. The molecule has 1 fully saturated rings. The third kappa shape index (κ3) is 7.75. The Bertz CT molecular complexity index is 1200. The topological polar surface area (TPSA) is 96.0 Å². The third-order valence-corrected chi connectivity index (χ3v) is 8.34. The van der Waals surface area contributed by atoms with Gasteiger partial charge in [-0.3, -0.25) is 13.9 Å². The summed E-state index contributed by atoms with van der Waals surface area (Å²) < 4.78 is 31.6. The number of carbonyl (C=O) groups excluding carboxylic acids is 2. The average molecular weight is 571 g/mol. The fraction of sp³-hybridized carbons (Fsp3) is 0.462. The maximum Gasteiger partial charge on any atom is 0.244 e. The molecule has 0 saturated heterocycles. The smallest absolute Gasteiger partial charge is 0.244 e. The van der Waals surface area contributed by atoms with Gasteiger partial charge in [0.2, 0.25) is 21.8 Å². The predicted octanol–water partition coefficient (Wildman–Crippen LogP) is 4.63. The van der Waals surface area contributed by atoms with Gasteiger partial charge >= 0.3 is 0 Å². The first-order chi connectivity index (χ1) is 17.5. The Morgan fingerprint density at radius 1 is 1.08 bits per heavy atom. The number of hydrogen-bond acceptors (Lipinski definition) is 5. The first-order valence-corrected chi connectivity index (χ1v) is 14.8. The second kappa shape index (κ2) is 12.8. The minimum atomic E-state index is -3.82. The van der Waals surface area contributed by atoms with Gasteiger partial charge in [0.15, 0.2) is 0 Å². The monoisotopic (exact) mass is 569 g/mol. The first kappa shape index (κ1) is 29.1. The van der Waals surface area contributed by atoms with Crippen molar-refractivity contribution in [2.24, 2.45) is 0 Å². The average Bonchev–Trinajstić information content (AvgIpc) is 3.37. The fourth-order valence-electron chi connectivity index (χ4n) is 4.48. The van der Waals surface area contributed by atoms with Gasteiger partial charge in [0.25, 0.3) is 0 Å². The molecule has 11 heteroatoms. The minimum Gasteiger partial charge on any atom is -0.497 e. The molecule has 2 amide bonds. The zero-order chi connectivity index (χ0) is 27.2. The highest BCUT2D eigenvalue weighted by Gasteiger charge is 2.33. The molecular weight excluding hydrogens is 537 g/mol. The Morgan fingerprint density at radius 3 is 2.27 bits per heavy atom. The summed E-state index contributed by atoms with van der Waals surface area (Å²) in [5, 5.41) is 3.77. The molecule has 0 aromatic heterocycles. The van der Waals surface area contributed by atoms with Crippen molar-refractivity contribution in [2.45, 2.75) is 57.7 Å². The number of anilines is 1. The molecule has 0 bridgehead atoms. The molecule has 0 unspecified atom stereocenters. The summed E-state index contributed by atoms with van der Waals surface area (Å²) in [6.45, 7) is 1.41. The molecule has 1 atom stereocenters. The van der Waals surface area contributed by atoms with Crippen molar-refractivity contribution in [2.75, 3.05) is 24.2 Å². The van der Waals surface area contributed by atoms with Crippen LogP contribution in [0.4, 0.5) is 5.69 Å². The summed E-state index contributed by atoms with van der Waals surface area (Å²) in [6.07, 6.45) is 5.31. The minimum absolute atomic E-state index is 0.0620. The van der Waals surface area contributed by atoms with Crippen molar-refractivity contribution in [1.82, 2.24) is 10.2 Å². The Kier molecular flexibility index (Phi) is 10.1. The molecule has 1 N–H and O–H groups in total. The lowest BCUT2D eigenvalue weighted by atomic mass is 10.1. The van der Waals surface area contributed by atoms with E-state index in [1.165, 1.54) is 12.0 Å². The largest absolute Gasteiger partial charge is 0.497 e. The second-order valence-corrected chi connectivity index (χ2v) is 11.9. The zero-order valence-corrected chi connectivity index (χ0v) is 23.6. The number of hydrogen-bond donors (Lipinski definition) is 1. The molecule has 1 saturated carbocycles. The van der Waals surface area contributed by atoms with Crippen molar-refractivity contribution < 1.29 is 22.7 Å². The fourth-order valence-corrected chi connectivity index (χ4v) is 5.65. The second-order valence-electron chi connectivity index (χ2n) is 9.15. The quantitative estimate of drug-likeness (QED) is 0.425. The van der Waals surface area contributed by atoms with E-state index in [4.69, 9.17) is 27.9 Å². The number of amides is 2. The summed E-state index contributed by atoms with van der Waals surface area (Å²) in [5.74, 6) is -0.210. The van der Waals surface area contributed by atoms with Crippen molar-refractivity contribution >= 4 is 50.7 Å². The van der Waals surface area contributed by atoms with Crippen LogP contribution >= 0.6 is 23.2 Å². The van der Waals surface area contributed by atoms with Gasteiger partial charge in [-0.05, 0) is 61.2 Å². The number of carbonyl (C=O) groups is 2. The van der Waals surface area contributed by atoms with Crippen LogP contribution in [0.5, 0.6) is 5.75 Å². The highest BCUT2D eigenvalue weighted by molar-refractivity contribution is 7.92. The predicted molar refractivity (Wildman–Crippen MR) is 147 cm³/mol. The molecular formula is C26H33Cl2N3O5S. The van der Waals surface area contributed by atoms with Gasteiger partial charge in [-0.2, -0.15) is 0 Å². The number of rotatable bonds is 11. The number of ether oxygens (including phenoxy) is 1. The van der Waals surface area contributed by atoms with Crippen molar-refractivity contribution in [3.63, 3.8) is 0 Å². The molecule has 1 aliphatic carbocycles. The summed E-state index contributed by atoms with van der Waals surface area (Å²) in [7, 11) is -2.31. The molecule has 0 aliphatic heterocycles. The molecule has 0 spiro atoms. The Balaban J connectivity index is 1.93. The van der Waals surface area contributed by atoms with Crippen LogP contribution in [0.2, 0.25) is 10.0 Å². The Morgan fingerprint density at radius 2 is 1.73 bits per heavy atom. The number of sulfonamides is 1. The number of halogens is 2. The van der Waals surface area contributed by atoms with Crippen LogP contribution in [0.25, 0.3) is 0 Å². The van der Waals surface area contributed by atoms with Gasteiger partial charge in [0.05, 0.1) is 29.1 Å². The van der Waals surface area contributed by atoms with E-state index in [1.807, 2.05) is 6.92 Å². The van der Waals surface area contributed by atoms with Crippen LogP contribution in [0.15, 0.2) is 42.5 Å². The molecule has 37 heavy (non-hydrogen) atoms. The Labute approximate surface area is 228 Å². The van der Waals surface area contributed by atoms with Gasteiger partial charge in [-0.25, -0.2) is 8.42 Å². The van der Waals surface area contributed by atoms with Gasteiger partial charge in [-0.15, -0.1) is 0 Å². The highest BCUT2D eigenvalue weighted by atomic mass is 35.5. The number of nitrogens with zero attached hydrogens (tertiary/aromatic N) is 2. The van der Waals surface area contributed by atoms with E-state index in [9.17, 15) is 18.0 Å². The number of nitrogens with one attached hydrogen (secondary N) is 1. The van der Waals surface area contributed by atoms with Crippen LogP contribution in [0.1, 0.15) is 44.6 Å². The molecule has 202 valence electrons. The molecule has 0 heterocycles. The Hall–Kier alpha value is -2.49. The molecule has 2 aromatic carbocycles. The number of benzene rings is 2. The van der Waals surface area contributed by atoms with E-state index in [0.717, 1.165) is 36.2 Å². The summed E-state index contributed by atoms with van der Waals surface area (Å²) in [6, 6.07) is 10.7. The van der Waals surface area contributed by atoms with E-state index < -0.39 is 28.5 Å². The normalized spacial score (nSPS) is 14.7. The van der Waals surface area contributed by atoms with E-state index in [1.54, 1.807) is 42.5 Å². The van der Waals surface area contributed by atoms with E-state index in [2.05, 4.69) is 5.32 Å². The number of methoxy groups -OCH3 is 1. The SMILES string of the molecule is CC[C@@H](C(=O)NC1CCCC1)N(Cc1ccc(Cl)c(Cl)c1)C(=O)CN(c1ccc(OC)cc1)S(C)(=O)=O. The maximum absolute atomic E-state index is 13.8. The first-order valence-electron chi connectivity index (χ1n) is 12.2. The van der Waals surface area contributed by atoms with Gasteiger partial charge in [-0.1, -0.05) is 49.0 Å². The van der Waals surface area contributed by atoms with Crippen LogP contribution in [-0.4, -0.2) is 57.1 Å². The van der Waals surface area contributed by atoms with Crippen LogP contribution in [0.3, 0.4) is 0 Å². The molecule has 0 radical (unpaired) electrons. The third-order valence-electron chi connectivity index (χ3n) is 6.46. The molecule has 2 aromatic rings. The lowest BCUT2D eigenvalue weighted by Gasteiger charge is -2.33. The van der Waals surface area contributed by atoms with Gasteiger partial charge in [0.1, 0.15) is 18.3 Å². The van der Waals surface area contributed by atoms with Crippen LogP contribution in [0, 0.1) is 0 Å². The van der Waals surface area contributed by atoms with E-state index in [0.29, 0.717) is 33.5 Å². The lowest BCUT2D eigenvalue weighted by Crippen LogP contribution is -2.53. The van der Waals surface area contributed by atoms with Gasteiger partial charge in [0, 0.05) is 12.6 Å². The van der Waals surface area contributed by atoms with Crippen molar-refractivity contribution in [3.05, 3.63) is 58.1 Å². The van der Waals surface area contributed by atoms with Crippen molar-refractivity contribution in [1.29, 1.82) is 0 Å². The molecule has 8 nitrogen and oxygen atoms in total. The molecule has 3 rings (SSSR count). The zero-order valence-electron chi connectivity index (χ0n) is 21.2. The van der Waals surface area contributed by atoms with E-state index in [-0.39, 0.29) is 18.5 Å². The standard InChI is InChI=1S/C26H33Cl2N3O5S/c1-4-24(26(33)29-19-7-5-6-8-19)30(16-18-9-14-22(27)23(28)15-18)25(32)17-31(37(3,34)35)20-10-12-21(36-2)13-11-20/h9-15,19,24H,4-8,16-17H2,1-3H3,(H,29,33)/t24-/m0/s1. The van der Waals surface area contributed by atoms with Crippen LogP contribution < -0.4 is 14.4 Å². The van der Waals surface area contributed by atoms with Crippen LogP contribution in [-0.2, 0) is 26.2 Å². The highest BCUT2D eigenvalue weighted by Crippen LogP contribution is 2.26. The van der Waals surface area contributed by atoms with E-state index >= 15 is 0 Å². The summed E-state index contributed by atoms with van der Waals surface area (Å²) in [4.78, 5) is 28.5. The summed E-state index contributed by atoms with van der Waals surface area (Å²) in [5.41, 5.74) is 0.986. The van der Waals surface area contributed by atoms with Crippen molar-refractivity contribution in [3.8, 4) is 5.75 Å². The summed E-state index contributed by atoms with van der Waals surface area (Å²) >= 11 is 12.3. The van der Waals surface area contributed by atoms with Gasteiger partial charge < -0.3 is 15.0 Å².